The number of esters is 1. The van der Waals surface area contributed by atoms with Crippen LogP contribution in [0.2, 0.25) is 0 Å². The van der Waals surface area contributed by atoms with E-state index < -0.39 is 28.8 Å². The highest BCUT2D eigenvalue weighted by atomic mass is 16.6. The molecule has 0 radical (unpaired) electrons. The van der Waals surface area contributed by atoms with Gasteiger partial charge in [0.05, 0.1) is 10.5 Å². The SMILES string of the molecule is Cc1cc([N+](=O)[O-])ccc1NC(=O)COC(=O)c1cccc(NC(=O)C(C)(C)C)c1. The van der Waals surface area contributed by atoms with Crippen LogP contribution in [0.15, 0.2) is 42.5 Å². The number of ether oxygens (including phenoxy) is 1. The molecule has 0 heterocycles. The van der Waals surface area contributed by atoms with E-state index in [1.54, 1.807) is 39.8 Å². The Kier molecular flexibility index (Phi) is 6.89. The summed E-state index contributed by atoms with van der Waals surface area (Å²) in [7, 11) is 0. The zero-order valence-electron chi connectivity index (χ0n) is 17.1. The highest BCUT2D eigenvalue weighted by Crippen LogP contribution is 2.21. The van der Waals surface area contributed by atoms with Crippen molar-refractivity contribution in [3.05, 3.63) is 63.7 Å². The predicted molar refractivity (Wildman–Crippen MR) is 111 cm³/mol. The van der Waals surface area contributed by atoms with E-state index in [4.69, 9.17) is 4.74 Å². The molecule has 0 atom stereocenters. The largest absolute Gasteiger partial charge is 0.452 e. The smallest absolute Gasteiger partial charge is 0.338 e. The summed E-state index contributed by atoms with van der Waals surface area (Å²) < 4.78 is 5.02. The molecule has 0 saturated carbocycles. The summed E-state index contributed by atoms with van der Waals surface area (Å²) in [4.78, 5) is 46.6. The number of hydrogen-bond donors (Lipinski definition) is 2. The Hall–Kier alpha value is -3.75. The lowest BCUT2D eigenvalue weighted by Gasteiger charge is -2.17. The van der Waals surface area contributed by atoms with Crippen molar-refractivity contribution in [3.8, 4) is 0 Å². The van der Waals surface area contributed by atoms with Crippen molar-refractivity contribution in [2.75, 3.05) is 17.2 Å². The van der Waals surface area contributed by atoms with Crippen LogP contribution in [0, 0.1) is 22.5 Å². The Labute approximate surface area is 173 Å². The van der Waals surface area contributed by atoms with E-state index in [1.807, 2.05) is 0 Å². The second kappa shape index (κ2) is 9.17. The number of amides is 2. The fraction of sp³-hybridized carbons (Fsp3) is 0.286. The van der Waals surface area contributed by atoms with Crippen LogP contribution in [0.1, 0.15) is 36.7 Å². The number of non-ortho nitro benzene ring substituents is 1. The number of nitro groups is 1. The van der Waals surface area contributed by atoms with Crippen LogP contribution in [0.3, 0.4) is 0 Å². The molecule has 2 amide bonds. The van der Waals surface area contributed by atoms with Gasteiger partial charge in [0.1, 0.15) is 0 Å². The van der Waals surface area contributed by atoms with Crippen molar-refractivity contribution in [2.24, 2.45) is 5.41 Å². The van der Waals surface area contributed by atoms with Crippen molar-refractivity contribution >= 4 is 34.8 Å². The zero-order chi connectivity index (χ0) is 22.5. The predicted octanol–water partition coefficient (Wildman–Crippen LogP) is 3.68. The molecule has 0 unspecified atom stereocenters. The molecular formula is C21H23N3O6. The van der Waals surface area contributed by atoms with E-state index in [2.05, 4.69) is 10.6 Å². The number of nitro benzene ring substituents is 1. The fourth-order valence-electron chi connectivity index (χ4n) is 2.34. The zero-order valence-corrected chi connectivity index (χ0v) is 17.1. The van der Waals surface area contributed by atoms with Gasteiger partial charge in [-0.05, 0) is 36.8 Å². The van der Waals surface area contributed by atoms with E-state index in [0.29, 0.717) is 16.9 Å². The average molecular weight is 413 g/mol. The molecule has 2 N–H and O–H groups in total. The summed E-state index contributed by atoms with van der Waals surface area (Å²) >= 11 is 0. The molecule has 2 aromatic rings. The van der Waals surface area contributed by atoms with Gasteiger partial charge in [-0.1, -0.05) is 26.8 Å². The summed E-state index contributed by atoms with van der Waals surface area (Å²) in [6, 6.07) is 10.2. The minimum absolute atomic E-state index is 0.0876. The standard InChI is InChI=1S/C21H23N3O6/c1-13-10-16(24(28)29)8-9-17(13)23-18(25)12-30-19(26)14-6-5-7-15(11-14)22-20(27)21(2,3)4/h5-11H,12H2,1-4H3,(H,22,27)(H,23,25). The summed E-state index contributed by atoms with van der Waals surface area (Å²) in [5.41, 5.74) is 0.830. The molecule has 0 aliphatic rings. The highest BCUT2D eigenvalue weighted by Gasteiger charge is 2.21. The van der Waals surface area contributed by atoms with Crippen LogP contribution < -0.4 is 10.6 Å². The van der Waals surface area contributed by atoms with Gasteiger partial charge < -0.3 is 15.4 Å². The lowest BCUT2D eigenvalue weighted by Crippen LogP contribution is -2.27. The first-order chi connectivity index (χ1) is 14.0. The first-order valence-corrected chi connectivity index (χ1v) is 9.11. The molecule has 0 spiro atoms. The van der Waals surface area contributed by atoms with Gasteiger partial charge in [-0.15, -0.1) is 0 Å². The third-order valence-corrected chi connectivity index (χ3v) is 4.07. The minimum atomic E-state index is -0.725. The molecule has 0 aromatic heterocycles. The molecule has 0 bridgehead atoms. The number of anilines is 2. The van der Waals surface area contributed by atoms with Gasteiger partial charge in [0.15, 0.2) is 6.61 Å². The van der Waals surface area contributed by atoms with Crippen molar-refractivity contribution in [3.63, 3.8) is 0 Å². The third-order valence-electron chi connectivity index (χ3n) is 4.07. The van der Waals surface area contributed by atoms with Gasteiger partial charge in [-0.3, -0.25) is 19.7 Å². The van der Waals surface area contributed by atoms with Crippen molar-refractivity contribution in [2.45, 2.75) is 27.7 Å². The second-order valence-corrected chi connectivity index (χ2v) is 7.67. The van der Waals surface area contributed by atoms with Crippen molar-refractivity contribution < 1.29 is 24.0 Å². The Balaban J connectivity index is 1.95. The van der Waals surface area contributed by atoms with Gasteiger partial charge in [0.25, 0.3) is 11.6 Å². The van der Waals surface area contributed by atoms with Crippen LogP contribution in [0.4, 0.5) is 17.1 Å². The number of aryl methyl sites for hydroxylation is 1. The van der Waals surface area contributed by atoms with E-state index in [-0.39, 0.29) is 17.2 Å². The summed E-state index contributed by atoms with van der Waals surface area (Å²) in [5, 5.41) is 16.0. The van der Waals surface area contributed by atoms with Gasteiger partial charge >= 0.3 is 5.97 Å². The van der Waals surface area contributed by atoms with E-state index >= 15 is 0 Å². The number of carbonyl (C=O) groups excluding carboxylic acids is 3. The normalized spacial score (nSPS) is 10.8. The molecule has 2 aromatic carbocycles. The molecule has 9 nitrogen and oxygen atoms in total. The molecule has 2 rings (SSSR count). The number of carbonyl (C=O) groups is 3. The maximum atomic E-state index is 12.2. The van der Waals surface area contributed by atoms with Gasteiger partial charge in [0, 0.05) is 28.9 Å². The van der Waals surface area contributed by atoms with E-state index in [1.165, 1.54) is 30.3 Å². The molecule has 30 heavy (non-hydrogen) atoms. The minimum Gasteiger partial charge on any atom is -0.452 e. The van der Waals surface area contributed by atoms with Crippen LogP contribution in [-0.2, 0) is 14.3 Å². The Morgan fingerprint density at radius 1 is 1.07 bits per heavy atom. The number of nitrogens with one attached hydrogen (secondary N) is 2. The Morgan fingerprint density at radius 3 is 2.37 bits per heavy atom. The van der Waals surface area contributed by atoms with Crippen LogP contribution in [0.5, 0.6) is 0 Å². The average Bonchev–Trinajstić information content (AvgIpc) is 2.67. The monoisotopic (exact) mass is 413 g/mol. The van der Waals surface area contributed by atoms with Crippen molar-refractivity contribution in [1.29, 1.82) is 0 Å². The van der Waals surface area contributed by atoms with Crippen molar-refractivity contribution in [1.82, 2.24) is 0 Å². The number of rotatable bonds is 6. The third kappa shape index (κ3) is 6.13. The van der Waals surface area contributed by atoms with E-state index in [9.17, 15) is 24.5 Å². The number of nitrogens with zero attached hydrogens (tertiary/aromatic N) is 1. The first-order valence-electron chi connectivity index (χ1n) is 9.11. The summed E-state index contributed by atoms with van der Waals surface area (Å²) in [6.07, 6.45) is 0. The van der Waals surface area contributed by atoms with Crippen LogP contribution in [-0.4, -0.2) is 29.3 Å². The van der Waals surface area contributed by atoms with Gasteiger partial charge in [0.2, 0.25) is 5.91 Å². The van der Waals surface area contributed by atoms with Gasteiger partial charge in [-0.2, -0.15) is 0 Å². The molecule has 0 aliphatic heterocycles. The number of hydrogen-bond acceptors (Lipinski definition) is 6. The fourth-order valence-corrected chi connectivity index (χ4v) is 2.34. The Bertz CT molecular complexity index is 994. The lowest BCUT2D eigenvalue weighted by atomic mass is 9.95. The molecule has 9 heteroatoms. The topological polar surface area (TPSA) is 128 Å². The lowest BCUT2D eigenvalue weighted by molar-refractivity contribution is -0.384. The molecule has 0 fully saturated rings. The highest BCUT2D eigenvalue weighted by molar-refractivity contribution is 5.98. The summed E-state index contributed by atoms with van der Waals surface area (Å²) in [5.74, 6) is -1.51. The van der Waals surface area contributed by atoms with Crippen LogP contribution in [0.25, 0.3) is 0 Å². The van der Waals surface area contributed by atoms with E-state index in [0.717, 1.165) is 0 Å². The first kappa shape index (κ1) is 22.5. The Morgan fingerprint density at radius 2 is 1.77 bits per heavy atom. The quantitative estimate of drug-likeness (QED) is 0.422. The summed E-state index contributed by atoms with van der Waals surface area (Å²) in [6.45, 7) is 6.39. The maximum Gasteiger partial charge on any atom is 0.338 e. The van der Waals surface area contributed by atoms with Crippen LogP contribution >= 0.6 is 0 Å². The molecular weight excluding hydrogens is 390 g/mol. The molecule has 0 aliphatic carbocycles. The number of benzene rings is 2. The maximum absolute atomic E-state index is 12.2. The second-order valence-electron chi connectivity index (χ2n) is 7.67. The molecule has 0 saturated heterocycles. The van der Waals surface area contributed by atoms with Gasteiger partial charge in [-0.25, -0.2) is 4.79 Å². The molecule has 158 valence electrons.